The minimum Gasteiger partial charge on any atom is -0.497 e. The summed E-state index contributed by atoms with van der Waals surface area (Å²) in [6.45, 7) is 2.17. The Morgan fingerprint density at radius 1 is 1.12 bits per heavy atom. The van der Waals surface area contributed by atoms with Gasteiger partial charge in [0.1, 0.15) is 5.75 Å². The van der Waals surface area contributed by atoms with E-state index >= 15 is 0 Å². The lowest BCUT2D eigenvalue weighted by Gasteiger charge is -2.06. The SMILES string of the molecule is COc1cccc(CNC(=O)c2nn(-c3ccccc3)nc2C)c1. The van der Waals surface area contributed by atoms with Crippen LogP contribution in [0.2, 0.25) is 0 Å². The van der Waals surface area contributed by atoms with Crippen LogP contribution in [-0.2, 0) is 6.54 Å². The third-order valence-electron chi connectivity index (χ3n) is 3.57. The molecule has 0 atom stereocenters. The quantitative estimate of drug-likeness (QED) is 0.783. The first-order valence-electron chi connectivity index (χ1n) is 7.58. The van der Waals surface area contributed by atoms with Crippen LogP contribution in [0, 0.1) is 6.92 Å². The molecule has 0 radical (unpaired) electrons. The highest BCUT2D eigenvalue weighted by Gasteiger charge is 2.16. The van der Waals surface area contributed by atoms with Gasteiger partial charge in [0.25, 0.3) is 5.91 Å². The Morgan fingerprint density at radius 3 is 2.67 bits per heavy atom. The van der Waals surface area contributed by atoms with E-state index in [2.05, 4.69) is 15.5 Å². The van der Waals surface area contributed by atoms with Crippen LogP contribution in [0.1, 0.15) is 21.7 Å². The number of amides is 1. The van der Waals surface area contributed by atoms with Gasteiger partial charge < -0.3 is 10.1 Å². The van der Waals surface area contributed by atoms with Gasteiger partial charge in [-0.2, -0.15) is 9.90 Å². The van der Waals surface area contributed by atoms with Crippen LogP contribution in [0.4, 0.5) is 0 Å². The highest BCUT2D eigenvalue weighted by molar-refractivity contribution is 5.93. The smallest absolute Gasteiger partial charge is 0.274 e. The maximum atomic E-state index is 12.4. The third-order valence-corrected chi connectivity index (χ3v) is 3.57. The fourth-order valence-electron chi connectivity index (χ4n) is 2.31. The molecule has 0 fully saturated rings. The number of hydrogen-bond acceptors (Lipinski definition) is 4. The van der Waals surface area contributed by atoms with Crippen LogP contribution in [-0.4, -0.2) is 28.0 Å². The van der Waals surface area contributed by atoms with Crippen molar-refractivity contribution < 1.29 is 9.53 Å². The zero-order chi connectivity index (χ0) is 16.9. The van der Waals surface area contributed by atoms with E-state index in [1.54, 1.807) is 14.0 Å². The standard InChI is InChI=1S/C18H18N4O2/c1-13-17(21-22(20-13)15-8-4-3-5-9-15)18(23)19-12-14-7-6-10-16(11-14)24-2/h3-11H,12H2,1-2H3,(H,19,23). The molecule has 6 heteroatoms. The van der Waals surface area contributed by atoms with Gasteiger partial charge in [-0.05, 0) is 36.8 Å². The van der Waals surface area contributed by atoms with Gasteiger partial charge in [-0.25, -0.2) is 0 Å². The van der Waals surface area contributed by atoms with E-state index in [9.17, 15) is 4.79 Å². The van der Waals surface area contributed by atoms with E-state index in [1.165, 1.54) is 4.80 Å². The van der Waals surface area contributed by atoms with Crippen LogP contribution in [0.3, 0.4) is 0 Å². The molecular weight excluding hydrogens is 304 g/mol. The number of ether oxygens (including phenoxy) is 1. The summed E-state index contributed by atoms with van der Waals surface area (Å²) in [5, 5.41) is 11.5. The first kappa shape index (κ1) is 15.7. The molecule has 0 bridgehead atoms. The molecule has 1 aromatic heterocycles. The van der Waals surface area contributed by atoms with Gasteiger partial charge >= 0.3 is 0 Å². The van der Waals surface area contributed by atoms with Crippen molar-refractivity contribution in [2.45, 2.75) is 13.5 Å². The maximum absolute atomic E-state index is 12.4. The molecule has 2 aromatic carbocycles. The molecule has 6 nitrogen and oxygen atoms in total. The lowest BCUT2D eigenvalue weighted by atomic mass is 10.2. The van der Waals surface area contributed by atoms with Crippen LogP contribution >= 0.6 is 0 Å². The first-order chi connectivity index (χ1) is 11.7. The van der Waals surface area contributed by atoms with E-state index in [1.807, 2.05) is 54.6 Å². The average Bonchev–Trinajstić information content (AvgIpc) is 3.02. The second-order valence-corrected chi connectivity index (χ2v) is 5.29. The first-order valence-corrected chi connectivity index (χ1v) is 7.58. The molecule has 0 spiro atoms. The van der Waals surface area contributed by atoms with Gasteiger partial charge in [0.15, 0.2) is 5.69 Å². The number of aryl methyl sites for hydroxylation is 1. The Morgan fingerprint density at radius 2 is 1.92 bits per heavy atom. The number of carbonyl (C=O) groups excluding carboxylic acids is 1. The number of rotatable bonds is 5. The summed E-state index contributed by atoms with van der Waals surface area (Å²) in [7, 11) is 1.61. The Hall–Kier alpha value is -3.15. The molecule has 0 saturated heterocycles. The van der Waals surface area contributed by atoms with Gasteiger partial charge in [-0.3, -0.25) is 4.79 Å². The predicted molar refractivity (Wildman–Crippen MR) is 90.3 cm³/mol. The molecular formula is C18H18N4O2. The maximum Gasteiger partial charge on any atom is 0.274 e. The molecule has 0 unspecified atom stereocenters. The lowest BCUT2D eigenvalue weighted by Crippen LogP contribution is -2.24. The van der Waals surface area contributed by atoms with Gasteiger partial charge in [0, 0.05) is 6.54 Å². The second kappa shape index (κ2) is 6.95. The van der Waals surface area contributed by atoms with Crippen molar-refractivity contribution in [2.24, 2.45) is 0 Å². The normalized spacial score (nSPS) is 10.4. The Bertz CT molecular complexity index is 843. The predicted octanol–water partition coefficient (Wildman–Crippen LogP) is 2.51. The minimum atomic E-state index is -0.252. The molecule has 3 rings (SSSR count). The molecule has 3 aromatic rings. The number of benzene rings is 2. The van der Waals surface area contributed by atoms with Crippen LogP contribution in [0.5, 0.6) is 5.75 Å². The summed E-state index contributed by atoms with van der Waals surface area (Å²) >= 11 is 0. The van der Waals surface area contributed by atoms with Crippen molar-refractivity contribution in [1.82, 2.24) is 20.3 Å². The fraction of sp³-hybridized carbons (Fsp3) is 0.167. The zero-order valence-corrected chi connectivity index (χ0v) is 13.6. The Balaban J connectivity index is 1.72. The molecule has 122 valence electrons. The average molecular weight is 322 g/mol. The van der Waals surface area contributed by atoms with E-state index < -0.39 is 0 Å². The molecule has 0 aliphatic carbocycles. The van der Waals surface area contributed by atoms with Gasteiger partial charge in [0.2, 0.25) is 0 Å². The van der Waals surface area contributed by atoms with Crippen molar-refractivity contribution in [3.63, 3.8) is 0 Å². The zero-order valence-electron chi connectivity index (χ0n) is 13.6. The summed E-state index contributed by atoms with van der Waals surface area (Å²) < 4.78 is 5.18. The Labute approximate surface area is 140 Å². The molecule has 0 saturated carbocycles. The summed E-state index contributed by atoms with van der Waals surface area (Å²) in [4.78, 5) is 13.8. The number of nitrogens with zero attached hydrogens (tertiary/aromatic N) is 3. The molecule has 24 heavy (non-hydrogen) atoms. The summed E-state index contributed by atoms with van der Waals surface area (Å²) in [6, 6.07) is 17.0. The molecule has 1 amide bonds. The van der Waals surface area contributed by atoms with E-state index in [0.29, 0.717) is 17.9 Å². The fourth-order valence-corrected chi connectivity index (χ4v) is 2.31. The van der Waals surface area contributed by atoms with E-state index in [-0.39, 0.29) is 5.91 Å². The van der Waals surface area contributed by atoms with E-state index in [0.717, 1.165) is 17.0 Å². The molecule has 1 N–H and O–H groups in total. The van der Waals surface area contributed by atoms with E-state index in [4.69, 9.17) is 4.74 Å². The van der Waals surface area contributed by atoms with Crippen LogP contribution in [0.15, 0.2) is 54.6 Å². The number of aromatic nitrogens is 3. The third kappa shape index (κ3) is 3.43. The molecule has 0 aliphatic heterocycles. The Kier molecular flexibility index (Phi) is 4.56. The number of carbonyl (C=O) groups is 1. The van der Waals surface area contributed by atoms with Crippen LogP contribution < -0.4 is 10.1 Å². The van der Waals surface area contributed by atoms with Crippen molar-refractivity contribution >= 4 is 5.91 Å². The van der Waals surface area contributed by atoms with Crippen LogP contribution in [0.25, 0.3) is 5.69 Å². The number of hydrogen-bond donors (Lipinski definition) is 1. The van der Waals surface area contributed by atoms with Gasteiger partial charge in [0.05, 0.1) is 18.5 Å². The molecule has 0 aliphatic rings. The number of para-hydroxylation sites is 1. The molecule has 1 heterocycles. The minimum absolute atomic E-state index is 0.252. The van der Waals surface area contributed by atoms with Crippen molar-refractivity contribution in [3.8, 4) is 11.4 Å². The van der Waals surface area contributed by atoms with Crippen molar-refractivity contribution in [1.29, 1.82) is 0 Å². The lowest BCUT2D eigenvalue weighted by molar-refractivity contribution is 0.0945. The second-order valence-electron chi connectivity index (χ2n) is 5.29. The number of nitrogens with one attached hydrogen (secondary N) is 1. The summed E-state index contributed by atoms with van der Waals surface area (Å²) in [5.41, 5.74) is 2.67. The monoisotopic (exact) mass is 322 g/mol. The number of methoxy groups -OCH3 is 1. The summed E-state index contributed by atoms with van der Waals surface area (Å²) in [5.74, 6) is 0.505. The largest absolute Gasteiger partial charge is 0.497 e. The van der Waals surface area contributed by atoms with Gasteiger partial charge in [-0.15, -0.1) is 5.10 Å². The van der Waals surface area contributed by atoms with Gasteiger partial charge in [-0.1, -0.05) is 30.3 Å². The highest BCUT2D eigenvalue weighted by Crippen LogP contribution is 2.13. The highest BCUT2D eigenvalue weighted by atomic mass is 16.5. The topological polar surface area (TPSA) is 69.0 Å². The van der Waals surface area contributed by atoms with Crippen molar-refractivity contribution in [3.05, 3.63) is 71.5 Å². The van der Waals surface area contributed by atoms with Crippen molar-refractivity contribution in [2.75, 3.05) is 7.11 Å². The summed E-state index contributed by atoms with van der Waals surface area (Å²) in [6.07, 6.45) is 0.